The summed E-state index contributed by atoms with van der Waals surface area (Å²) in [5.41, 5.74) is 1.35. The van der Waals surface area contributed by atoms with Crippen LogP contribution in [0, 0.1) is 0 Å². The third-order valence-electron chi connectivity index (χ3n) is 6.09. The maximum Gasteiger partial charge on any atom is 0.290 e. The highest BCUT2D eigenvalue weighted by atomic mass is 79.9. The first kappa shape index (κ1) is 20.3. The summed E-state index contributed by atoms with van der Waals surface area (Å²) in [5.74, 6) is -1.40. The molecule has 0 spiro atoms. The number of carbonyl (C=O) groups is 2. The standard InChI is InChI=1S/C24H19BrClNO4/c25-15-7-10-18-14(11-15)12-19(31-18)22(28)20-21(13-5-8-16(26)9-6-13)27(24(30)23(20)29)17-3-1-2-4-17/h5-12,17,21,29H,1-4H2. The van der Waals surface area contributed by atoms with E-state index < -0.39 is 23.5 Å². The molecule has 1 saturated carbocycles. The Morgan fingerprint density at radius 3 is 2.52 bits per heavy atom. The lowest BCUT2D eigenvalue weighted by Crippen LogP contribution is -2.38. The van der Waals surface area contributed by atoms with E-state index in [2.05, 4.69) is 15.9 Å². The van der Waals surface area contributed by atoms with Crippen molar-refractivity contribution < 1.29 is 19.1 Å². The minimum atomic E-state index is -0.680. The molecule has 1 N–H and O–H groups in total. The number of aliphatic hydroxyl groups is 1. The van der Waals surface area contributed by atoms with Gasteiger partial charge in [0.1, 0.15) is 5.58 Å². The summed E-state index contributed by atoms with van der Waals surface area (Å²) in [6.07, 6.45) is 3.74. The molecule has 7 heteroatoms. The van der Waals surface area contributed by atoms with Crippen LogP contribution >= 0.6 is 27.5 Å². The third kappa shape index (κ3) is 3.48. The predicted octanol–water partition coefficient (Wildman–Crippen LogP) is 6.37. The molecular weight excluding hydrogens is 482 g/mol. The van der Waals surface area contributed by atoms with Crippen LogP contribution in [0.5, 0.6) is 0 Å². The molecule has 158 valence electrons. The molecule has 1 fully saturated rings. The van der Waals surface area contributed by atoms with Gasteiger partial charge in [0.05, 0.1) is 11.6 Å². The number of carbonyl (C=O) groups excluding carboxylic acids is 2. The quantitative estimate of drug-likeness (QED) is 0.423. The second-order valence-electron chi connectivity index (χ2n) is 7.99. The van der Waals surface area contributed by atoms with E-state index in [1.165, 1.54) is 0 Å². The first-order valence-electron chi connectivity index (χ1n) is 10.2. The first-order valence-corrected chi connectivity index (χ1v) is 11.4. The van der Waals surface area contributed by atoms with Crippen LogP contribution in [0.3, 0.4) is 0 Å². The van der Waals surface area contributed by atoms with Gasteiger partial charge < -0.3 is 14.4 Å². The maximum absolute atomic E-state index is 13.5. The summed E-state index contributed by atoms with van der Waals surface area (Å²) < 4.78 is 6.64. The van der Waals surface area contributed by atoms with Crippen molar-refractivity contribution in [3.8, 4) is 0 Å². The molecule has 0 bridgehead atoms. The highest BCUT2D eigenvalue weighted by Gasteiger charge is 2.47. The zero-order valence-corrected chi connectivity index (χ0v) is 18.8. The van der Waals surface area contributed by atoms with E-state index in [0.717, 1.165) is 41.1 Å². The van der Waals surface area contributed by atoms with Gasteiger partial charge in [0.2, 0.25) is 5.78 Å². The molecule has 1 unspecified atom stereocenters. The number of fused-ring (bicyclic) bond motifs is 1. The number of benzene rings is 2. The molecule has 5 nitrogen and oxygen atoms in total. The Labute approximate surface area is 192 Å². The number of halogens is 2. The Morgan fingerprint density at radius 2 is 1.81 bits per heavy atom. The van der Waals surface area contributed by atoms with Gasteiger partial charge in [-0.05, 0) is 54.8 Å². The van der Waals surface area contributed by atoms with E-state index in [4.69, 9.17) is 16.0 Å². The number of amides is 1. The van der Waals surface area contributed by atoms with Crippen molar-refractivity contribution in [3.05, 3.63) is 80.7 Å². The molecule has 1 aromatic heterocycles. The van der Waals surface area contributed by atoms with E-state index in [1.807, 2.05) is 12.1 Å². The predicted molar refractivity (Wildman–Crippen MR) is 121 cm³/mol. The molecular formula is C24H19BrClNO4. The molecule has 5 rings (SSSR count). The summed E-state index contributed by atoms with van der Waals surface area (Å²) in [6, 6.07) is 13.4. The lowest BCUT2D eigenvalue weighted by Gasteiger charge is -2.32. The van der Waals surface area contributed by atoms with Gasteiger partial charge in [0.25, 0.3) is 5.91 Å². The van der Waals surface area contributed by atoms with Gasteiger partial charge in [-0.1, -0.05) is 52.5 Å². The van der Waals surface area contributed by atoms with Crippen LogP contribution in [0.4, 0.5) is 0 Å². The lowest BCUT2D eigenvalue weighted by atomic mass is 9.94. The van der Waals surface area contributed by atoms with Crippen LogP contribution < -0.4 is 0 Å². The number of rotatable bonds is 4. The number of furan rings is 1. The maximum atomic E-state index is 13.5. The van der Waals surface area contributed by atoms with Gasteiger partial charge >= 0.3 is 0 Å². The molecule has 1 amide bonds. The Morgan fingerprint density at radius 1 is 1.10 bits per heavy atom. The topological polar surface area (TPSA) is 70.8 Å². The second kappa shape index (κ2) is 7.84. The summed E-state index contributed by atoms with van der Waals surface area (Å²) in [4.78, 5) is 28.3. The fourth-order valence-corrected chi connectivity index (χ4v) is 5.15. The monoisotopic (exact) mass is 499 g/mol. The molecule has 1 aliphatic carbocycles. The molecule has 0 saturated heterocycles. The fraction of sp³-hybridized carbons (Fsp3) is 0.250. The SMILES string of the molecule is O=C(C1=C(O)C(=O)N(C2CCCC2)C1c1ccc(Cl)cc1)c1cc2cc(Br)ccc2o1. The number of aliphatic hydroxyl groups excluding tert-OH is 1. The molecule has 31 heavy (non-hydrogen) atoms. The van der Waals surface area contributed by atoms with E-state index >= 15 is 0 Å². The summed E-state index contributed by atoms with van der Waals surface area (Å²) in [7, 11) is 0. The van der Waals surface area contributed by atoms with Crippen LogP contribution in [0.1, 0.15) is 47.8 Å². The van der Waals surface area contributed by atoms with Gasteiger partial charge in [-0.15, -0.1) is 0 Å². The Bertz CT molecular complexity index is 1220. The molecule has 1 atom stereocenters. The lowest BCUT2D eigenvalue weighted by molar-refractivity contribution is -0.131. The average molecular weight is 501 g/mol. The second-order valence-corrected chi connectivity index (χ2v) is 9.34. The third-order valence-corrected chi connectivity index (χ3v) is 6.84. The summed E-state index contributed by atoms with van der Waals surface area (Å²) >= 11 is 9.48. The zero-order valence-electron chi connectivity index (χ0n) is 16.5. The van der Waals surface area contributed by atoms with Gasteiger partial charge in [-0.25, -0.2) is 0 Å². The van der Waals surface area contributed by atoms with Crippen molar-refractivity contribution in [2.24, 2.45) is 0 Å². The number of hydrogen-bond acceptors (Lipinski definition) is 4. The van der Waals surface area contributed by atoms with E-state index in [-0.39, 0.29) is 17.4 Å². The smallest absolute Gasteiger partial charge is 0.290 e. The average Bonchev–Trinajstić information content (AvgIpc) is 3.47. The molecule has 3 aromatic rings. The van der Waals surface area contributed by atoms with Crippen LogP contribution in [0.2, 0.25) is 5.02 Å². The van der Waals surface area contributed by atoms with E-state index in [1.54, 1.807) is 41.3 Å². The number of hydrogen-bond donors (Lipinski definition) is 1. The van der Waals surface area contributed by atoms with E-state index in [9.17, 15) is 14.7 Å². The van der Waals surface area contributed by atoms with Crippen LogP contribution in [0.25, 0.3) is 11.0 Å². The largest absolute Gasteiger partial charge is 0.503 e. The first-order chi connectivity index (χ1) is 14.9. The van der Waals surface area contributed by atoms with Crippen molar-refractivity contribution in [3.63, 3.8) is 0 Å². The highest BCUT2D eigenvalue weighted by Crippen LogP contribution is 2.43. The van der Waals surface area contributed by atoms with Crippen molar-refractivity contribution in [1.82, 2.24) is 4.90 Å². The molecule has 2 heterocycles. The van der Waals surface area contributed by atoms with Crippen molar-refractivity contribution in [2.75, 3.05) is 0 Å². The summed E-state index contributed by atoms with van der Waals surface area (Å²) in [6.45, 7) is 0. The fourth-order valence-electron chi connectivity index (χ4n) is 4.65. The number of Topliss-reactive ketones (excluding diaryl/α,β-unsaturated/α-hetero) is 1. The minimum absolute atomic E-state index is 0.0211. The van der Waals surface area contributed by atoms with E-state index in [0.29, 0.717) is 10.6 Å². The van der Waals surface area contributed by atoms with Gasteiger partial charge in [0.15, 0.2) is 11.5 Å². The molecule has 0 radical (unpaired) electrons. The Kier molecular flexibility index (Phi) is 5.15. The minimum Gasteiger partial charge on any atom is -0.503 e. The van der Waals surface area contributed by atoms with Crippen molar-refractivity contribution in [2.45, 2.75) is 37.8 Å². The highest BCUT2D eigenvalue weighted by molar-refractivity contribution is 9.10. The molecule has 1 aliphatic heterocycles. The number of nitrogens with zero attached hydrogens (tertiary/aromatic N) is 1. The van der Waals surface area contributed by atoms with Crippen LogP contribution in [0.15, 0.2) is 68.8 Å². The van der Waals surface area contributed by atoms with Gasteiger partial charge in [-0.3, -0.25) is 9.59 Å². The summed E-state index contributed by atoms with van der Waals surface area (Å²) in [5, 5.41) is 12.1. The van der Waals surface area contributed by atoms with Crippen molar-refractivity contribution in [1.29, 1.82) is 0 Å². The van der Waals surface area contributed by atoms with Gasteiger partial charge in [-0.2, -0.15) is 0 Å². The van der Waals surface area contributed by atoms with Crippen LogP contribution in [-0.4, -0.2) is 27.7 Å². The van der Waals surface area contributed by atoms with Crippen molar-refractivity contribution >= 4 is 50.2 Å². The zero-order chi connectivity index (χ0) is 21.7. The Balaban J connectivity index is 1.61. The van der Waals surface area contributed by atoms with Crippen LogP contribution in [-0.2, 0) is 4.79 Å². The molecule has 2 aromatic carbocycles. The normalized spacial score (nSPS) is 19.7. The number of ketones is 1. The van der Waals surface area contributed by atoms with Gasteiger partial charge in [0, 0.05) is 20.9 Å². The Hall–Kier alpha value is -2.57. The molecule has 2 aliphatic rings.